The molecule has 0 aliphatic carbocycles. The van der Waals surface area contributed by atoms with Crippen LogP contribution in [0.25, 0.3) is 0 Å². The van der Waals surface area contributed by atoms with E-state index in [4.69, 9.17) is 0 Å². The number of benzene rings is 2. The normalized spacial score (nSPS) is 14.2. The fraction of sp³-hybridized carbons (Fsp3) is 0.316. The van der Waals surface area contributed by atoms with E-state index in [1.165, 1.54) is 24.1 Å². The third kappa shape index (κ3) is 2.98. The Morgan fingerprint density at radius 2 is 1.68 bits per heavy atom. The van der Waals surface area contributed by atoms with Crippen molar-refractivity contribution in [2.45, 2.75) is 26.7 Å². The van der Waals surface area contributed by atoms with Crippen LogP contribution in [0.4, 0.5) is 11.4 Å². The number of carbonyl (C=O) groups excluding carboxylic acids is 1. The molecule has 3 nitrogen and oxygen atoms in total. The zero-order valence-electron chi connectivity index (χ0n) is 13.2. The molecular formula is C19H22N2O. The second-order valence-electron chi connectivity index (χ2n) is 5.94. The maximum Gasteiger partial charge on any atom is 0.255 e. The van der Waals surface area contributed by atoms with E-state index in [2.05, 4.69) is 23.2 Å². The summed E-state index contributed by atoms with van der Waals surface area (Å²) in [6.45, 7) is 6.32. The van der Waals surface area contributed by atoms with Crippen LogP contribution in [0, 0.1) is 13.8 Å². The summed E-state index contributed by atoms with van der Waals surface area (Å²) in [5, 5.41) is 3.00. The van der Waals surface area contributed by atoms with E-state index in [1.54, 1.807) is 0 Å². The van der Waals surface area contributed by atoms with Crippen molar-refractivity contribution in [2.24, 2.45) is 0 Å². The van der Waals surface area contributed by atoms with Gasteiger partial charge < -0.3 is 10.2 Å². The molecule has 0 atom stereocenters. The molecule has 1 saturated heterocycles. The Morgan fingerprint density at radius 3 is 2.36 bits per heavy atom. The van der Waals surface area contributed by atoms with E-state index >= 15 is 0 Å². The predicted octanol–water partition coefficient (Wildman–Crippen LogP) is 4.16. The number of carbonyl (C=O) groups is 1. The van der Waals surface area contributed by atoms with Gasteiger partial charge in [-0.15, -0.1) is 0 Å². The quantitative estimate of drug-likeness (QED) is 0.922. The molecule has 2 aromatic carbocycles. The smallest absolute Gasteiger partial charge is 0.255 e. The van der Waals surface area contributed by atoms with Gasteiger partial charge in [-0.05, 0) is 68.1 Å². The molecule has 3 rings (SSSR count). The van der Waals surface area contributed by atoms with Gasteiger partial charge in [0, 0.05) is 30.0 Å². The third-order valence-corrected chi connectivity index (χ3v) is 4.45. The second-order valence-corrected chi connectivity index (χ2v) is 5.94. The maximum absolute atomic E-state index is 12.4. The summed E-state index contributed by atoms with van der Waals surface area (Å²) in [5.41, 5.74) is 5.09. The van der Waals surface area contributed by atoms with Gasteiger partial charge in [0.25, 0.3) is 5.91 Å². The summed E-state index contributed by atoms with van der Waals surface area (Å²) in [6.07, 6.45) is 2.52. The van der Waals surface area contributed by atoms with Crippen LogP contribution in [-0.2, 0) is 0 Å². The van der Waals surface area contributed by atoms with Crippen molar-refractivity contribution in [3.05, 3.63) is 59.2 Å². The number of nitrogens with zero attached hydrogens (tertiary/aromatic N) is 1. The highest BCUT2D eigenvalue weighted by Crippen LogP contribution is 2.22. The molecule has 0 unspecified atom stereocenters. The number of hydrogen-bond donors (Lipinski definition) is 1. The van der Waals surface area contributed by atoms with Crippen molar-refractivity contribution in [3.8, 4) is 0 Å². The Bertz CT molecular complexity index is 670. The molecule has 1 fully saturated rings. The van der Waals surface area contributed by atoms with Gasteiger partial charge in [-0.3, -0.25) is 4.79 Å². The second kappa shape index (κ2) is 6.22. The van der Waals surface area contributed by atoms with Gasteiger partial charge in [-0.1, -0.05) is 12.1 Å². The van der Waals surface area contributed by atoms with Crippen molar-refractivity contribution >= 4 is 17.3 Å². The predicted molar refractivity (Wildman–Crippen MR) is 91.8 cm³/mol. The molecule has 0 bridgehead atoms. The number of aryl methyl sites for hydroxylation is 1. The monoisotopic (exact) mass is 294 g/mol. The molecule has 22 heavy (non-hydrogen) atoms. The van der Waals surface area contributed by atoms with Crippen molar-refractivity contribution < 1.29 is 4.79 Å². The van der Waals surface area contributed by atoms with E-state index in [0.29, 0.717) is 5.56 Å². The Kier molecular flexibility index (Phi) is 4.14. The zero-order chi connectivity index (χ0) is 15.5. The number of nitrogens with one attached hydrogen (secondary N) is 1. The lowest BCUT2D eigenvalue weighted by Crippen LogP contribution is -2.18. The largest absolute Gasteiger partial charge is 0.372 e. The summed E-state index contributed by atoms with van der Waals surface area (Å²) in [5.74, 6) is -0.0540. The fourth-order valence-electron chi connectivity index (χ4n) is 2.88. The summed E-state index contributed by atoms with van der Waals surface area (Å²) in [6, 6.07) is 13.9. The van der Waals surface area contributed by atoms with Crippen LogP contribution in [0.2, 0.25) is 0 Å². The molecule has 0 saturated carbocycles. The van der Waals surface area contributed by atoms with Gasteiger partial charge in [0.2, 0.25) is 0 Å². The zero-order valence-corrected chi connectivity index (χ0v) is 13.2. The number of rotatable bonds is 3. The van der Waals surface area contributed by atoms with Crippen LogP contribution in [0.1, 0.15) is 34.3 Å². The first kappa shape index (κ1) is 14.6. The summed E-state index contributed by atoms with van der Waals surface area (Å²) in [4.78, 5) is 14.8. The Labute approximate surface area is 132 Å². The minimum absolute atomic E-state index is 0.0540. The summed E-state index contributed by atoms with van der Waals surface area (Å²) >= 11 is 0. The average molecular weight is 294 g/mol. The summed E-state index contributed by atoms with van der Waals surface area (Å²) in [7, 11) is 0. The van der Waals surface area contributed by atoms with Crippen LogP contribution >= 0.6 is 0 Å². The first-order valence-corrected chi connectivity index (χ1v) is 7.88. The molecule has 114 valence electrons. The van der Waals surface area contributed by atoms with E-state index < -0.39 is 0 Å². The van der Waals surface area contributed by atoms with Gasteiger partial charge in [0.1, 0.15) is 0 Å². The highest BCUT2D eigenvalue weighted by molar-refractivity contribution is 6.04. The van der Waals surface area contributed by atoms with Crippen molar-refractivity contribution in [3.63, 3.8) is 0 Å². The lowest BCUT2D eigenvalue weighted by Gasteiger charge is -2.17. The molecule has 3 heteroatoms. The highest BCUT2D eigenvalue weighted by atomic mass is 16.1. The van der Waals surface area contributed by atoms with Crippen molar-refractivity contribution in [1.29, 1.82) is 0 Å². The van der Waals surface area contributed by atoms with Crippen LogP contribution in [0.3, 0.4) is 0 Å². The van der Waals surface area contributed by atoms with Crippen LogP contribution in [-0.4, -0.2) is 19.0 Å². The van der Waals surface area contributed by atoms with Gasteiger partial charge in [-0.2, -0.15) is 0 Å². The van der Waals surface area contributed by atoms with Crippen molar-refractivity contribution in [2.75, 3.05) is 23.3 Å². The number of amides is 1. The molecule has 1 heterocycles. The van der Waals surface area contributed by atoms with Gasteiger partial charge in [0.15, 0.2) is 0 Å². The minimum Gasteiger partial charge on any atom is -0.372 e. The molecular weight excluding hydrogens is 272 g/mol. The topological polar surface area (TPSA) is 32.3 Å². The average Bonchev–Trinajstić information content (AvgIpc) is 3.06. The molecule has 0 radical (unpaired) electrons. The van der Waals surface area contributed by atoms with Crippen LogP contribution < -0.4 is 10.2 Å². The SMILES string of the molecule is Cc1cccc(NC(=O)c2ccc(N3CCCC3)cc2)c1C. The third-order valence-electron chi connectivity index (χ3n) is 4.45. The van der Waals surface area contributed by atoms with Crippen LogP contribution in [0.15, 0.2) is 42.5 Å². The van der Waals surface area contributed by atoms with Crippen molar-refractivity contribution in [1.82, 2.24) is 0 Å². The first-order chi connectivity index (χ1) is 10.6. The number of hydrogen-bond acceptors (Lipinski definition) is 2. The lowest BCUT2D eigenvalue weighted by molar-refractivity contribution is 0.102. The standard InChI is InChI=1S/C19H22N2O/c1-14-6-5-7-18(15(14)2)20-19(22)16-8-10-17(11-9-16)21-12-3-4-13-21/h5-11H,3-4,12-13H2,1-2H3,(H,20,22). The van der Waals surface area contributed by atoms with E-state index in [9.17, 15) is 4.79 Å². The Morgan fingerprint density at radius 1 is 1.00 bits per heavy atom. The minimum atomic E-state index is -0.0540. The Balaban J connectivity index is 1.73. The van der Waals surface area contributed by atoms with E-state index in [1.807, 2.05) is 43.3 Å². The molecule has 0 aromatic heterocycles. The van der Waals surface area contributed by atoms with Gasteiger partial charge in [0.05, 0.1) is 0 Å². The van der Waals surface area contributed by atoms with Gasteiger partial charge in [-0.25, -0.2) is 0 Å². The highest BCUT2D eigenvalue weighted by Gasteiger charge is 2.13. The number of anilines is 2. The molecule has 1 aliphatic heterocycles. The summed E-state index contributed by atoms with van der Waals surface area (Å²) < 4.78 is 0. The van der Waals surface area contributed by atoms with Crippen LogP contribution in [0.5, 0.6) is 0 Å². The molecule has 0 spiro atoms. The molecule has 2 aromatic rings. The lowest BCUT2D eigenvalue weighted by atomic mass is 10.1. The van der Waals surface area contributed by atoms with Gasteiger partial charge >= 0.3 is 0 Å². The molecule has 1 N–H and O–H groups in total. The Hall–Kier alpha value is -2.29. The molecule has 1 amide bonds. The maximum atomic E-state index is 12.4. The van der Waals surface area contributed by atoms with E-state index in [-0.39, 0.29) is 5.91 Å². The fourth-order valence-corrected chi connectivity index (χ4v) is 2.88. The first-order valence-electron chi connectivity index (χ1n) is 7.88. The van der Waals surface area contributed by atoms with E-state index in [0.717, 1.165) is 24.3 Å². The molecule has 1 aliphatic rings.